The number of ether oxygens (including phenoxy) is 2. The summed E-state index contributed by atoms with van der Waals surface area (Å²) in [5.74, 6) is 1.07. The summed E-state index contributed by atoms with van der Waals surface area (Å²) in [5.41, 5.74) is 1.62. The van der Waals surface area contributed by atoms with Crippen molar-refractivity contribution in [1.29, 1.82) is 0 Å². The number of rotatable bonds is 9. The Bertz CT molecular complexity index is 931. The molecule has 2 amide bonds. The summed E-state index contributed by atoms with van der Waals surface area (Å²) in [6, 6.07) is 14.1. The predicted octanol–water partition coefficient (Wildman–Crippen LogP) is 3.44. The van der Waals surface area contributed by atoms with Crippen molar-refractivity contribution in [3.63, 3.8) is 0 Å². The van der Waals surface area contributed by atoms with E-state index in [1.807, 2.05) is 43.3 Å². The Morgan fingerprint density at radius 2 is 1.74 bits per heavy atom. The van der Waals surface area contributed by atoms with Crippen LogP contribution >= 0.6 is 12.2 Å². The molecule has 0 spiro atoms. The highest BCUT2D eigenvalue weighted by atomic mass is 32.1. The zero-order valence-electron chi connectivity index (χ0n) is 18.0. The lowest BCUT2D eigenvalue weighted by Crippen LogP contribution is -2.37. The van der Waals surface area contributed by atoms with Crippen molar-refractivity contribution in [2.75, 3.05) is 26.1 Å². The molecule has 1 N–H and O–H groups in total. The highest BCUT2D eigenvalue weighted by molar-refractivity contribution is 7.80. The van der Waals surface area contributed by atoms with Crippen LogP contribution in [0.5, 0.6) is 11.5 Å². The molecule has 1 atom stereocenters. The average Bonchev–Trinajstić information content (AvgIpc) is 2.97. The molecule has 0 radical (unpaired) electrons. The number of anilines is 1. The smallest absolute Gasteiger partial charge is 0.251 e. The number of thiocarbonyl (C=S) groups is 1. The highest BCUT2D eigenvalue weighted by Gasteiger charge is 2.41. The molecule has 2 aromatic rings. The number of hydrogen-bond donors (Lipinski definition) is 1. The summed E-state index contributed by atoms with van der Waals surface area (Å²) >= 11 is 5.46. The van der Waals surface area contributed by atoms with Crippen LogP contribution in [0.4, 0.5) is 5.69 Å². The predicted molar refractivity (Wildman–Crippen MR) is 123 cm³/mol. The maximum absolute atomic E-state index is 12.7. The van der Waals surface area contributed by atoms with Crippen molar-refractivity contribution in [3.05, 3.63) is 54.1 Å². The molecular formula is C23H27N3O4S. The van der Waals surface area contributed by atoms with Gasteiger partial charge < -0.3 is 19.7 Å². The number of methoxy groups -OCH3 is 1. The zero-order chi connectivity index (χ0) is 22.4. The molecule has 3 rings (SSSR count). The Labute approximate surface area is 187 Å². The van der Waals surface area contributed by atoms with E-state index in [-0.39, 0.29) is 18.2 Å². The Balaban J connectivity index is 1.65. The minimum Gasteiger partial charge on any atom is -0.497 e. The van der Waals surface area contributed by atoms with E-state index in [9.17, 15) is 9.59 Å². The Morgan fingerprint density at radius 1 is 1.10 bits per heavy atom. The van der Waals surface area contributed by atoms with E-state index in [1.165, 1.54) is 4.90 Å². The first kappa shape index (κ1) is 22.6. The van der Waals surface area contributed by atoms with Gasteiger partial charge in [0.1, 0.15) is 17.5 Å². The fourth-order valence-corrected chi connectivity index (χ4v) is 3.60. The summed E-state index contributed by atoms with van der Waals surface area (Å²) in [6.45, 7) is 3.12. The van der Waals surface area contributed by atoms with Gasteiger partial charge in [-0.3, -0.25) is 14.5 Å². The lowest BCUT2D eigenvalue weighted by atomic mass is 10.1. The molecule has 1 aliphatic heterocycles. The topological polar surface area (TPSA) is 71.1 Å². The lowest BCUT2D eigenvalue weighted by molar-refractivity contribution is -0.130. The zero-order valence-corrected chi connectivity index (χ0v) is 18.8. The van der Waals surface area contributed by atoms with Gasteiger partial charge in [0.25, 0.3) is 5.91 Å². The second-order valence-corrected chi connectivity index (χ2v) is 7.66. The Kier molecular flexibility index (Phi) is 7.46. The highest BCUT2D eigenvalue weighted by Crippen LogP contribution is 2.24. The minimum atomic E-state index is -0.647. The first-order chi connectivity index (χ1) is 14.9. The van der Waals surface area contributed by atoms with Crippen LogP contribution in [0.2, 0.25) is 0 Å². The third kappa shape index (κ3) is 5.52. The molecule has 1 heterocycles. The van der Waals surface area contributed by atoms with Crippen LogP contribution in [0.3, 0.4) is 0 Å². The van der Waals surface area contributed by atoms with Crippen LogP contribution in [0, 0.1) is 0 Å². The number of nitrogens with one attached hydrogen (secondary N) is 1. The Morgan fingerprint density at radius 3 is 2.35 bits per heavy atom. The number of carbonyl (C=O) groups is 2. The van der Waals surface area contributed by atoms with Gasteiger partial charge in [-0.05, 0) is 60.6 Å². The minimum absolute atomic E-state index is 0.00749. The molecule has 31 heavy (non-hydrogen) atoms. The van der Waals surface area contributed by atoms with E-state index < -0.39 is 6.04 Å². The van der Waals surface area contributed by atoms with Crippen molar-refractivity contribution >= 4 is 34.8 Å². The monoisotopic (exact) mass is 441 g/mol. The van der Waals surface area contributed by atoms with Crippen molar-refractivity contribution < 1.29 is 19.1 Å². The fourth-order valence-electron chi connectivity index (χ4n) is 3.32. The van der Waals surface area contributed by atoms with Crippen LogP contribution in [0.15, 0.2) is 48.5 Å². The maximum Gasteiger partial charge on any atom is 0.251 e. The third-order valence-corrected chi connectivity index (χ3v) is 5.53. The molecule has 0 saturated carbocycles. The van der Waals surface area contributed by atoms with E-state index in [0.29, 0.717) is 24.0 Å². The quantitative estimate of drug-likeness (QED) is 0.601. The second-order valence-electron chi connectivity index (χ2n) is 7.30. The van der Waals surface area contributed by atoms with Gasteiger partial charge in [-0.25, -0.2) is 0 Å². The molecule has 164 valence electrons. The summed E-state index contributed by atoms with van der Waals surface area (Å²) in [5, 5.41) is 3.26. The standard InChI is InChI=1S/C23H27N3O4S/c1-4-13-30-19-11-7-17(8-12-19)24-21(27)14-20-22(28)25(2)23(31)26(20)15-16-5-9-18(29-3)10-6-16/h5-12,20H,4,13-15H2,1-3H3,(H,24,27)/t20-/m0/s1. The van der Waals surface area contributed by atoms with Gasteiger partial charge >= 0.3 is 0 Å². The number of amides is 2. The number of nitrogens with zero attached hydrogens (tertiary/aromatic N) is 2. The third-order valence-electron chi connectivity index (χ3n) is 5.03. The van der Waals surface area contributed by atoms with Crippen LogP contribution in [0.25, 0.3) is 0 Å². The molecular weight excluding hydrogens is 414 g/mol. The van der Waals surface area contributed by atoms with Crippen LogP contribution < -0.4 is 14.8 Å². The van der Waals surface area contributed by atoms with E-state index in [2.05, 4.69) is 5.32 Å². The van der Waals surface area contributed by atoms with E-state index in [1.54, 1.807) is 31.2 Å². The van der Waals surface area contributed by atoms with Crippen LogP contribution in [0.1, 0.15) is 25.3 Å². The number of carbonyl (C=O) groups excluding carboxylic acids is 2. The molecule has 8 heteroatoms. The molecule has 7 nitrogen and oxygen atoms in total. The van der Waals surface area contributed by atoms with Crippen molar-refractivity contribution in [2.24, 2.45) is 0 Å². The summed E-state index contributed by atoms with van der Waals surface area (Å²) in [6.07, 6.45) is 0.935. The summed E-state index contributed by atoms with van der Waals surface area (Å²) in [7, 11) is 3.25. The first-order valence-corrected chi connectivity index (χ1v) is 10.6. The average molecular weight is 442 g/mol. The van der Waals surface area contributed by atoms with Gasteiger partial charge in [-0.1, -0.05) is 19.1 Å². The summed E-state index contributed by atoms with van der Waals surface area (Å²) in [4.78, 5) is 28.6. The van der Waals surface area contributed by atoms with Gasteiger partial charge in [0, 0.05) is 19.3 Å². The van der Waals surface area contributed by atoms with Gasteiger partial charge in [-0.2, -0.15) is 0 Å². The summed E-state index contributed by atoms with van der Waals surface area (Å²) < 4.78 is 10.7. The largest absolute Gasteiger partial charge is 0.497 e. The van der Waals surface area contributed by atoms with Gasteiger partial charge in [-0.15, -0.1) is 0 Å². The molecule has 0 aliphatic carbocycles. The molecule has 1 saturated heterocycles. The molecule has 1 fully saturated rings. The molecule has 0 unspecified atom stereocenters. The number of benzene rings is 2. The number of hydrogen-bond acceptors (Lipinski definition) is 5. The molecule has 0 aromatic heterocycles. The molecule has 0 bridgehead atoms. The van der Waals surface area contributed by atoms with Crippen molar-refractivity contribution in [1.82, 2.24) is 9.80 Å². The maximum atomic E-state index is 12.7. The second kappa shape index (κ2) is 10.3. The van der Waals surface area contributed by atoms with Gasteiger partial charge in [0.15, 0.2) is 5.11 Å². The van der Waals surface area contributed by atoms with E-state index in [4.69, 9.17) is 21.7 Å². The molecule has 2 aromatic carbocycles. The van der Waals surface area contributed by atoms with E-state index in [0.717, 1.165) is 23.5 Å². The fraction of sp³-hybridized carbons (Fsp3) is 0.348. The van der Waals surface area contributed by atoms with E-state index >= 15 is 0 Å². The lowest BCUT2D eigenvalue weighted by Gasteiger charge is -2.23. The van der Waals surface area contributed by atoms with Crippen LogP contribution in [-0.2, 0) is 16.1 Å². The Hall–Kier alpha value is -3.13. The van der Waals surface area contributed by atoms with Gasteiger partial charge in [0.05, 0.1) is 20.1 Å². The van der Waals surface area contributed by atoms with Crippen LogP contribution in [-0.4, -0.2) is 53.5 Å². The first-order valence-electron chi connectivity index (χ1n) is 10.2. The SMILES string of the molecule is CCCOc1ccc(NC(=O)C[C@H]2C(=O)N(C)C(=S)N2Cc2ccc(OC)cc2)cc1. The normalized spacial score (nSPS) is 15.9. The van der Waals surface area contributed by atoms with Gasteiger partial charge in [0.2, 0.25) is 5.91 Å². The van der Waals surface area contributed by atoms with Crippen molar-refractivity contribution in [2.45, 2.75) is 32.4 Å². The number of likely N-dealkylation sites (N-methyl/N-ethyl adjacent to an activating group) is 1. The molecule has 1 aliphatic rings. The van der Waals surface area contributed by atoms with Crippen molar-refractivity contribution in [3.8, 4) is 11.5 Å².